The number of para-hydroxylation sites is 1. The number of H-pyrrole nitrogens is 1. The largest absolute Gasteiger partial charge is 0.507 e. The Balaban J connectivity index is 2.26. The number of nitrogens with one attached hydrogen (secondary N) is 1. The van der Waals surface area contributed by atoms with Crippen LogP contribution in [0.1, 0.15) is 16.7 Å². The SMILES string of the molecule is Cc1cc(C)c2nc(-c3cccc(C)c3O)[nH]c2c1. The molecule has 0 atom stereocenters. The highest BCUT2D eigenvalue weighted by molar-refractivity contribution is 5.84. The predicted molar refractivity (Wildman–Crippen MR) is 77.4 cm³/mol. The average molecular weight is 252 g/mol. The summed E-state index contributed by atoms with van der Waals surface area (Å²) in [6, 6.07) is 9.88. The van der Waals surface area contributed by atoms with Crippen molar-refractivity contribution in [1.82, 2.24) is 9.97 Å². The Labute approximate surface area is 111 Å². The van der Waals surface area contributed by atoms with Crippen LogP contribution in [0.5, 0.6) is 5.75 Å². The van der Waals surface area contributed by atoms with Crippen molar-refractivity contribution in [3.63, 3.8) is 0 Å². The van der Waals surface area contributed by atoms with Crippen molar-refractivity contribution in [3.8, 4) is 17.1 Å². The fourth-order valence-electron chi connectivity index (χ4n) is 2.45. The van der Waals surface area contributed by atoms with E-state index in [4.69, 9.17) is 0 Å². The van der Waals surface area contributed by atoms with E-state index in [0.717, 1.165) is 27.7 Å². The number of phenolic OH excluding ortho intramolecular Hbond substituents is 1. The summed E-state index contributed by atoms with van der Waals surface area (Å²) < 4.78 is 0. The Morgan fingerprint density at radius 3 is 2.63 bits per heavy atom. The minimum absolute atomic E-state index is 0.288. The van der Waals surface area contributed by atoms with Gasteiger partial charge in [-0.05, 0) is 49.6 Å². The topological polar surface area (TPSA) is 48.9 Å². The molecule has 0 aliphatic heterocycles. The molecule has 3 nitrogen and oxygen atoms in total. The number of imidazole rings is 1. The highest BCUT2D eigenvalue weighted by Crippen LogP contribution is 2.31. The molecule has 1 aromatic heterocycles. The molecule has 3 heteroatoms. The quantitative estimate of drug-likeness (QED) is 0.691. The molecular weight excluding hydrogens is 236 g/mol. The van der Waals surface area contributed by atoms with Gasteiger partial charge in [0.2, 0.25) is 0 Å². The van der Waals surface area contributed by atoms with Gasteiger partial charge in [0.15, 0.2) is 0 Å². The number of aromatic nitrogens is 2. The summed E-state index contributed by atoms with van der Waals surface area (Å²) in [6.45, 7) is 6.00. The molecule has 0 amide bonds. The van der Waals surface area contributed by atoms with Crippen LogP contribution >= 0.6 is 0 Å². The summed E-state index contributed by atoms with van der Waals surface area (Å²) in [6.07, 6.45) is 0. The van der Waals surface area contributed by atoms with Crippen LogP contribution in [0.4, 0.5) is 0 Å². The van der Waals surface area contributed by atoms with E-state index >= 15 is 0 Å². The lowest BCUT2D eigenvalue weighted by Crippen LogP contribution is -1.84. The zero-order valence-electron chi connectivity index (χ0n) is 11.3. The molecule has 1 heterocycles. The number of aromatic hydroxyl groups is 1. The predicted octanol–water partition coefficient (Wildman–Crippen LogP) is 3.86. The zero-order chi connectivity index (χ0) is 13.6. The van der Waals surface area contributed by atoms with E-state index in [2.05, 4.69) is 35.9 Å². The number of nitrogens with zero attached hydrogens (tertiary/aromatic N) is 1. The first-order chi connectivity index (χ1) is 9.06. The minimum Gasteiger partial charge on any atom is -0.507 e. The van der Waals surface area contributed by atoms with Crippen molar-refractivity contribution in [2.45, 2.75) is 20.8 Å². The summed E-state index contributed by atoms with van der Waals surface area (Å²) in [4.78, 5) is 7.90. The molecule has 0 unspecified atom stereocenters. The van der Waals surface area contributed by atoms with Crippen LogP contribution in [0.3, 0.4) is 0 Å². The first kappa shape index (κ1) is 11.8. The molecule has 2 N–H and O–H groups in total. The first-order valence-electron chi connectivity index (χ1n) is 6.32. The second-order valence-corrected chi connectivity index (χ2v) is 5.03. The molecule has 0 aliphatic rings. The van der Waals surface area contributed by atoms with Crippen molar-refractivity contribution in [2.75, 3.05) is 0 Å². The van der Waals surface area contributed by atoms with Crippen LogP contribution in [0.25, 0.3) is 22.4 Å². The minimum atomic E-state index is 0.288. The smallest absolute Gasteiger partial charge is 0.142 e. The van der Waals surface area contributed by atoms with E-state index in [9.17, 15) is 5.11 Å². The van der Waals surface area contributed by atoms with Gasteiger partial charge in [-0.3, -0.25) is 0 Å². The fraction of sp³-hybridized carbons (Fsp3) is 0.188. The molecular formula is C16H16N2O. The lowest BCUT2D eigenvalue weighted by atomic mass is 10.1. The van der Waals surface area contributed by atoms with Gasteiger partial charge in [0.25, 0.3) is 0 Å². The van der Waals surface area contributed by atoms with Crippen molar-refractivity contribution >= 4 is 11.0 Å². The third-order valence-electron chi connectivity index (χ3n) is 3.41. The fourth-order valence-corrected chi connectivity index (χ4v) is 2.45. The van der Waals surface area contributed by atoms with E-state index in [1.807, 2.05) is 25.1 Å². The number of hydrogen-bond donors (Lipinski definition) is 2. The van der Waals surface area contributed by atoms with Crippen LogP contribution in [0.2, 0.25) is 0 Å². The van der Waals surface area contributed by atoms with Crippen LogP contribution in [-0.2, 0) is 0 Å². The van der Waals surface area contributed by atoms with E-state index in [0.29, 0.717) is 5.82 Å². The second kappa shape index (κ2) is 4.12. The third-order valence-corrected chi connectivity index (χ3v) is 3.41. The van der Waals surface area contributed by atoms with E-state index in [1.54, 1.807) is 0 Å². The monoisotopic (exact) mass is 252 g/mol. The molecule has 0 saturated carbocycles. The molecule has 2 aromatic carbocycles. The molecule has 3 rings (SSSR count). The Bertz CT molecular complexity index is 772. The summed E-state index contributed by atoms with van der Waals surface area (Å²) in [7, 11) is 0. The molecule has 3 aromatic rings. The lowest BCUT2D eigenvalue weighted by Gasteiger charge is -2.03. The molecule has 19 heavy (non-hydrogen) atoms. The average Bonchev–Trinajstić information content (AvgIpc) is 2.76. The van der Waals surface area contributed by atoms with Crippen molar-refractivity contribution in [3.05, 3.63) is 47.0 Å². The molecule has 0 fully saturated rings. The number of hydrogen-bond acceptors (Lipinski definition) is 2. The molecule has 0 spiro atoms. The Hall–Kier alpha value is -2.29. The third kappa shape index (κ3) is 1.87. The first-order valence-corrected chi connectivity index (χ1v) is 6.32. The van der Waals surface area contributed by atoms with Crippen molar-refractivity contribution in [2.24, 2.45) is 0 Å². The van der Waals surface area contributed by atoms with Crippen LogP contribution in [0, 0.1) is 20.8 Å². The van der Waals surface area contributed by atoms with E-state index < -0.39 is 0 Å². The van der Waals surface area contributed by atoms with Crippen molar-refractivity contribution in [1.29, 1.82) is 0 Å². The van der Waals surface area contributed by atoms with Gasteiger partial charge >= 0.3 is 0 Å². The lowest BCUT2D eigenvalue weighted by molar-refractivity contribution is 0.473. The number of aromatic amines is 1. The van der Waals surface area contributed by atoms with Gasteiger partial charge in [-0.25, -0.2) is 4.98 Å². The van der Waals surface area contributed by atoms with E-state index in [1.165, 1.54) is 5.56 Å². The molecule has 96 valence electrons. The maximum Gasteiger partial charge on any atom is 0.142 e. The van der Waals surface area contributed by atoms with Crippen LogP contribution in [-0.4, -0.2) is 15.1 Å². The Morgan fingerprint density at radius 2 is 1.84 bits per heavy atom. The van der Waals surface area contributed by atoms with Gasteiger partial charge in [0.1, 0.15) is 11.6 Å². The summed E-state index contributed by atoms with van der Waals surface area (Å²) in [5.41, 5.74) is 5.91. The van der Waals surface area contributed by atoms with Gasteiger partial charge in [-0.1, -0.05) is 18.2 Å². The molecule has 0 aliphatic carbocycles. The van der Waals surface area contributed by atoms with Gasteiger partial charge in [0, 0.05) is 0 Å². The zero-order valence-corrected chi connectivity index (χ0v) is 11.3. The van der Waals surface area contributed by atoms with E-state index in [-0.39, 0.29) is 5.75 Å². The standard InChI is InChI=1S/C16H16N2O/c1-9-7-11(3)14-13(8-9)17-16(18-14)12-6-4-5-10(2)15(12)19/h4-8,19H,1-3H3,(H,17,18). The molecule has 0 bridgehead atoms. The van der Waals surface area contributed by atoms with Crippen LogP contribution in [0.15, 0.2) is 30.3 Å². The maximum absolute atomic E-state index is 10.1. The number of aryl methyl sites for hydroxylation is 3. The van der Waals surface area contributed by atoms with Gasteiger partial charge in [-0.2, -0.15) is 0 Å². The normalized spacial score (nSPS) is 11.1. The second-order valence-electron chi connectivity index (χ2n) is 5.03. The summed E-state index contributed by atoms with van der Waals surface area (Å²) in [5, 5.41) is 10.1. The number of rotatable bonds is 1. The number of phenols is 1. The molecule has 0 saturated heterocycles. The highest BCUT2D eigenvalue weighted by atomic mass is 16.3. The Kier molecular flexibility index (Phi) is 2.56. The van der Waals surface area contributed by atoms with Crippen molar-refractivity contribution < 1.29 is 5.11 Å². The maximum atomic E-state index is 10.1. The van der Waals surface area contributed by atoms with Gasteiger partial charge in [0.05, 0.1) is 16.6 Å². The summed E-state index contributed by atoms with van der Waals surface area (Å²) >= 11 is 0. The van der Waals surface area contributed by atoms with Crippen LogP contribution < -0.4 is 0 Å². The van der Waals surface area contributed by atoms with Gasteiger partial charge < -0.3 is 10.1 Å². The number of fused-ring (bicyclic) bond motifs is 1. The Morgan fingerprint density at radius 1 is 1.05 bits per heavy atom. The summed E-state index contributed by atoms with van der Waals surface area (Å²) in [5.74, 6) is 1.00. The molecule has 0 radical (unpaired) electrons. The number of benzene rings is 2. The van der Waals surface area contributed by atoms with Gasteiger partial charge in [-0.15, -0.1) is 0 Å². The highest BCUT2D eigenvalue weighted by Gasteiger charge is 2.12.